The quantitative estimate of drug-likeness (QED) is 0.526. The zero-order valence-corrected chi connectivity index (χ0v) is 16.9. The first kappa shape index (κ1) is 19.0. The highest BCUT2D eigenvalue weighted by Gasteiger charge is 2.50. The molecule has 0 radical (unpaired) electrons. The van der Waals surface area contributed by atoms with E-state index in [0.29, 0.717) is 6.04 Å². The average Bonchev–Trinajstić information content (AvgIpc) is 3.67. The Bertz CT molecular complexity index is 1110. The summed E-state index contributed by atoms with van der Waals surface area (Å²) in [5.74, 6) is -0.298. The van der Waals surface area contributed by atoms with Crippen molar-refractivity contribution in [3.05, 3.63) is 65.7 Å². The predicted octanol–water partition coefficient (Wildman–Crippen LogP) is 2.50. The van der Waals surface area contributed by atoms with Gasteiger partial charge in [-0.3, -0.25) is 15.1 Å². The second-order valence-corrected chi connectivity index (χ2v) is 8.47. The zero-order valence-electron chi connectivity index (χ0n) is 16.9. The van der Waals surface area contributed by atoms with Crippen molar-refractivity contribution < 1.29 is 9.90 Å². The molecular weight excluding hydrogens is 378 g/mol. The smallest absolute Gasteiger partial charge is 0.228 e. The Morgan fingerprint density at radius 2 is 2.07 bits per heavy atom. The molecule has 1 unspecified atom stereocenters. The minimum Gasteiger partial charge on any atom is -0.374 e. The maximum atomic E-state index is 11.9. The maximum Gasteiger partial charge on any atom is 0.228 e. The monoisotopic (exact) mass is 403 g/mol. The summed E-state index contributed by atoms with van der Waals surface area (Å²) in [5.41, 5.74) is 10.6. The summed E-state index contributed by atoms with van der Waals surface area (Å²) >= 11 is 0. The topological polar surface area (TPSA) is 106 Å². The van der Waals surface area contributed by atoms with Gasteiger partial charge in [0.05, 0.1) is 23.5 Å². The van der Waals surface area contributed by atoms with E-state index in [1.807, 2.05) is 37.4 Å². The van der Waals surface area contributed by atoms with Gasteiger partial charge in [0.25, 0.3) is 0 Å². The van der Waals surface area contributed by atoms with E-state index in [2.05, 4.69) is 15.4 Å². The van der Waals surface area contributed by atoms with Gasteiger partial charge in [0.2, 0.25) is 5.91 Å². The van der Waals surface area contributed by atoms with Gasteiger partial charge in [0, 0.05) is 24.0 Å². The molecule has 0 saturated heterocycles. The van der Waals surface area contributed by atoms with Gasteiger partial charge in [-0.15, -0.1) is 0 Å². The molecule has 2 aliphatic carbocycles. The summed E-state index contributed by atoms with van der Waals surface area (Å²) in [6, 6.07) is 8.34. The third kappa shape index (κ3) is 3.40. The molecule has 2 fully saturated rings. The van der Waals surface area contributed by atoms with Gasteiger partial charge >= 0.3 is 0 Å². The number of aryl methyl sites for hydroxylation is 1. The second kappa shape index (κ2) is 7.04. The van der Waals surface area contributed by atoms with Crippen molar-refractivity contribution in [1.82, 2.24) is 20.1 Å². The van der Waals surface area contributed by atoms with E-state index < -0.39 is 11.6 Å². The van der Waals surface area contributed by atoms with Crippen molar-refractivity contribution in [2.24, 2.45) is 5.73 Å². The van der Waals surface area contributed by atoms with Crippen LogP contribution in [-0.2, 0) is 10.2 Å². The van der Waals surface area contributed by atoms with E-state index in [1.54, 1.807) is 23.3 Å². The van der Waals surface area contributed by atoms with Gasteiger partial charge in [0.15, 0.2) is 0 Å². The Balaban J connectivity index is 1.44. The number of aliphatic hydroxyl groups excluding tert-OH is 1. The maximum absolute atomic E-state index is 11.9. The SMILES string of the molecule is Cc1ccc(C(O)NC2CC2)cc1-c1cnn(-c2cncc(C3(C(N)=O)CC3)c2)c1. The number of nitrogens with two attached hydrogens (primary N) is 1. The molecule has 30 heavy (non-hydrogen) atoms. The summed E-state index contributed by atoms with van der Waals surface area (Å²) in [6.45, 7) is 2.04. The molecule has 7 heteroatoms. The molecule has 0 bridgehead atoms. The molecule has 7 nitrogen and oxygen atoms in total. The van der Waals surface area contributed by atoms with Crippen molar-refractivity contribution >= 4 is 5.91 Å². The number of nitrogens with zero attached hydrogens (tertiary/aromatic N) is 3. The lowest BCUT2D eigenvalue weighted by Gasteiger charge is -2.14. The third-order valence-electron chi connectivity index (χ3n) is 6.20. The van der Waals surface area contributed by atoms with Crippen LogP contribution < -0.4 is 11.1 Å². The van der Waals surface area contributed by atoms with E-state index in [0.717, 1.165) is 59.2 Å². The first-order chi connectivity index (χ1) is 14.5. The first-order valence-electron chi connectivity index (χ1n) is 10.3. The van der Waals surface area contributed by atoms with E-state index in [4.69, 9.17) is 5.73 Å². The number of carbonyl (C=O) groups excluding carboxylic acids is 1. The number of primary amides is 1. The first-order valence-corrected chi connectivity index (χ1v) is 10.3. The van der Waals surface area contributed by atoms with E-state index >= 15 is 0 Å². The van der Waals surface area contributed by atoms with Crippen LogP contribution in [0.25, 0.3) is 16.8 Å². The van der Waals surface area contributed by atoms with Gasteiger partial charge in [-0.05, 0) is 67.0 Å². The summed E-state index contributed by atoms with van der Waals surface area (Å²) in [4.78, 5) is 16.2. The summed E-state index contributed by atoms with van der Waals surface area (Å²) < 4.78 is 1.76. The standard InChI is InChI=1S/C23H25N5O2/c1-14-2-3-15(21(29)27-18-4-5-18)8-20(14)16-10-26-28(13-16)19-9-17(11-25-12-19)23(6-7-23)22(24)30/h2-3,8-13,18,21,27,29H,4-7H2,1H3,(H2,24,30). The van der Waals surface area contributed by atoms with E-state index in [1.165, 1.54) is 0 Å². The fourth-order valence-corrected chi connectivity index (χ4v) is 3.91. The summed E-state index contributed by atoms with van der Waals surface area (Å²) in [5, 5.41) is 18.2. The van der Waals surface area contributed by atoms with Crippen LogP contribution in [0.5, 0.6) is 0 Å². The van der Waals surface area contributed by atoms with Gasteiger partial charge in [-0.1, -0.05) is 12.1 Å². The molecule has 2 heterocycles. The Hall–Kier alpha value is -3.03. The van der Waals surface area contributed by atoms with E-state index in [-0.39, 0.29) is 5.91 Å². The van der Waals surface area contributed by atoms with Crippen LogP contribution in [-0.4, -0.2) is 31.8 Å². The lowest BCUT2D eigenvalue weighted by molar-refractivity contribution is -0.120. The number of nitrogens with one attached hydrogen (secondary N) is 1. The number of hydrogen-bond donors (Lipinski definition) is 3. The highest BCUT2D eigenvalue weighted by molar-refractivity contribution is 5.89. The molecular formula is C23H25N5O2. The van der Waals surface area contributed by atoms with Crippen LogP contribution in [0.15, 0.2) is 49.1 Å². The Morgan fingerprint density at radius 3 is 2.77 bits per heavy atom. The Labute approximate surface area is 174 Å². The third-order valence-corrected chi connectivity index (χ3v) is 6.20. The number of benzene rings is 1. The number of amides is 1. The molecule has 0 spiro atoms. The number of aromatic nitrogens is 3. The second-order valence-electron chi connectivity index (χ2n) is 8.47. The molecule has 1 aromatic carbocycles. The van der Waals surface area contributed by atoms with E-state index in [9.17, 15) is 9.90 Å². The highest BCUT2D eigenvalue weighted by atomic mass is 16.3. The largest absolute Gasteiger partial charge is 0.374 e. The minimum atomic E-state index is -0.670. The van der Waals surface area contributed by atoms with Gasteiger partial charge in [-0.2, -0.15) is 5.10 Å². The van der Waals surface area contributed by atoms with Crippen LogP contribution in [0.4, 0.5) is 0 Å². The predicted molar refractivity (Wildman–Crippen MR) is 113 cm³/mol. The number of hydrogen-bond acceptors (Lipinski definition) is 5. The van der Waals surface area contributed by atoms with Crippen LogP contribution in [0.3, 0.4) is 0 Å². The molecule has 5 rings (SSSR count). The molecule has 1 amide bonds. The van der Waals surface area contributed by atoms with Crippen molar-refractivity contribution in [2.45, 2.75) is 50.3 Å². The van der Waals surface area contributed by atoms with Crippen LogP contribution >= 0.6 is 0 Å². The molecule has 1 atom stereocenters. The Kier molecular flexibility index (Phi) is 4.45. The zero-order chi connectivity index (χ0) is 20.9. The lowest BCUT2D eigenvalue weighted by Crippen LogP contribution is -2.28. The van der Waals surface area contributed by atoms with Gasteiger partial charge < -0.3 is 10.8 Å². The van der Waals surface area contributed by atoms with Crippen molar-refractivity contribution in [2.75, 3.05) is 0 Å². The minimum absolute atomic E-state index is 0.298. The molecule has 0 aliphatic heterocycles. The van der Waals surface area contributed by atoms with Gasteiger partial charge in [0.1, 0.15) is 6.23 Å². The number of aliphatic hydroxyl groups is 1. The lowest BCUT2D eigenvalue weighted by atomic mass is 9.97. The van der Waals surface area contributed by atoms with Crippen LogP contribution in [0.2, 0.25) is 0 Å². The molecule has 154 valence electrons. The average molecular weight is 403 g/mol. The molecule has 2 saturated carbocycles. The number of carbonyl (C=O) groups is 1. The van der Waals surface area contributed by atoms with Crippen LogP contribution in [0, 0.1) is 6.92 Å². The normalized spacial score (nSPS) is 18.2. The molecule has 2 aliphatic rings. The molecule has 3 aromatic rings. The Morgan fingerprint density at radius 1 is 1.27 bits per heavy atom. The summed E-state index contributed by atoms with van der Waals surface area (Å²) in [7, 11) is 0. The highest BCUT2D eigenvalue weighted by Crippen LogP contribution is 2.48. The van der Waals surface area contributed by atoms with Crippen molar-refractivity contribution in [3.8, 4) is 16.8 Å². The van der Waals surface area contributed by atoms with Crippen LogP contribution in [0.1, 0.15) is 48.6 Å². The number of rotatable bonds is 7. The fourth-order valence-electron chi connectivity index (χ4n) is 3.91. The van der Waals surface area contributed by atoms with Gasteiger partial charge in [-0.25, -0.2) is 4.68 Å². The molecule has 2 aromatic heterocycles. The molecule has 4 N–H and O–H groups in total. The fraction of sp³-hybridized carbons (Fsp3) is 0.348. The summed E-state index contributed by atoms with van der Waals surface area (Å²) in [6.07, 6.45) is 10.3. The van der Waals surface area contributed by atoms with Crippen molar-refractivity contribution in [3.63, 3.8) is 0 Å². The van der Waals surface area contributed by atoms with Crippen molar-refractivity contribution in [1.29, 1.82) is 0 Å². The number of pyridine rings is 1.